The van der Waals surface area contributed by atoms with E-state index in [1.54, 1.807) is 19.0 Å². The van der Waals surface area contributed by atoms with Crippen molar-refractivity contribution in [1.29, 1.82) is 0 Å². The number of alkyl carbamates (subject to hydrolysis) is 1. The number of unbranched alkanes of at least 4 members (excludes halogenated alkanes) is 1. The highest BCUT2D eigenvalue weighted by molar-refractivity contribution is 5.75. The normalized spacial score (nSPS) is 11.8. The first-order valence-corrected chi connectivity index (χ1v) is 6.10. The van der Waals surface area contributed by atoms with Crippen molar-refractivity contribution in [2.75, 3.05) is 20.7 Å². The van der Waals surface area contributed by atoms with E-state index >= 15 is 0 Å². The Bertz CT molecular complexity index is 242. The van der Waals surface area contributed by atoms with E-state index < -0.39 is 6.09 Å². The highest BCUT2D eigenvalue weighted by Crippen LogP contribution is 1.99. The second-order valence-electron chi connectivity index (χ2n) is 4.36. The molecule has 0 aromatic heterocycles. The van der Waals surface area contributed by atoms with E-state index in [0.717, 1.165) is 12.8 Å². The number of carbonyl (C=O) groups is 2. The van der Waals surface area contributed by atoms with Crippen LogP contribution in [0.25, 0.3) is 0 Å². The average Bonchev–Trinajstić information content (AvgIpc) is 2.26. The first-order valence-electron chi connectivity index (χ1n) is 6.10. The second kappa shape index (κ2) is 8.84. The highest BCUT2D eigenvalue weighted by atomic mass is 16.5. The summed E-state index contributed by atoms with van der Waals surface area (Å²) in [6, 6.07) is -0.0481. The molecule has 5 nitrogen and oxygen atoms in total. The van der Waals surface area contributed by atoms with Crippen LogP contribution in [0.2, 0.25) is 0 Å². The number of ether oxygens (including phenoxy) is 1. The van der Waals surface area contributed by atoms with E-state index in [1.807, 2.05) is 13.8 Å². The minimum absolute atomic E-state index is 0.0481. The Morgan fingerprint density at radius 3 is 2.53 bits per heavy atom. The summed E-state index contributed by atoms with van der Waals surface area (Å²) >= 11 is 0. The molecule has 100 valence electrons. The van der Waals surface area contributed by atoms with Gasteiger partial charge in [0.15, 0.2) is 0 Å². The molecule has 0 bridgehead atoms. The van der Waals surface area contributed by atoms with Crippen LogP contribution in [-0.4, -0.2) is 43.6 Å². The lowest BCUT2D eigenvalue weighted by Crippen LogP contribution is -2.34. The van der Waals surface area contributed by atoms with Crippen LogP contribution >= 0.6 is 0 Å². The van der Waals surface area contributed by atoms with E-state index in [9.17, 15) is 9.59 Å². The van der Waals surface area contributed by atoms with Crippen molar-refractivity contribution in [2.24, 2.45) is 0 Å². The zero-order valence-corrected chi connectivity index (χ0v) is 11.3. The molecule has 0 aliphatic rings. The minimum Gasteiger partial charge on any atom is -0.450 e. The van der Waals surface area contributed by atoms with Gasteiger partial charge in [0.1, 0.15) is 0 Å². The number of rotatable bonds is 7. The van der Waals surface area contributed by atoms with E-state index in [-0.39, 0.29) is 11.9 Å². The molecule has 1 unspecified atom stereocenters. The maximum Gasteiger partial charge on any atom is 0.407 e. The van der Waals surface area contributed by atoms with Crippen LogP contribution in [0, 0.1) is 0 Å². The van der Waals surface area contributed by atoms with Crippen molar-refractivity contribution in [1.82, 2.24) is 10.2 Å². The van der Waals surface area contributed by atoms with Crippen LogP contribution in [-0.2, 0) is 9.53 Å². The van der Waals surface area contributed by atoms with Crippen molar-refractivity contribution in [2.45, 2.75) is 45.6 Å². The Labute approximate surface area is 103 Å². The molecular formula is C12H24N2O3. The number of carbonyl (C=O) groups excluding carboxylic acids is 2. The molecule has 0 aromatic rings. The molecule has 0 rings (SSSR count). The quantitative estimate of drug-likeness (QED) is 0.694. The molecule has 1 N–H and O–H groups in total. The zero-order valence-electron chi connectivity index (χ0n) is 11.3. The van der Waals surface area contributed by atoms with Gasteiger partial charge in [0, 0.05) is 26.6 Å². The third kappa shape index (κ3) is 8.54. The molecule has 0 aliphatic carbocycles. The van der Waals surface area contributed by atoms with Gasteiger partial charge in [0.05, 0.1) is 6.61 Å². The van der Waals surface area contributed by atoms with Crippen molar-refractivity contribution >= 4 is 12.0 Å². The van der Waals surface area contributed by atoms with Crippen molar-refractivity contribution in [3.8, 4) is 0 Å². The largest absolute Gasteiger partial charge is 0.450 e. The number of hydrogen-bond acceptors (Lipinski definition) is 3. The van der Waals surface area contributed by atoms with Crippen LogP contribution in [0.5, 0.6) is 0 Å². The molecule has 0 heterocycles. The fourth-order valence-corrected chi connectivity index (χ4v) is 1.19. The Kier molecular flexibility index (Phi) is 8.19. The summed E-state index contributed by atoms with van der Waals surface area (Å²) in [5.74, 6) is 0.0676. The predicted molar refractivity (Wildman–Crippen MR) is 66.8 cm³/mol. The first kappa shape index (κ1) is 15.7. The third-order valence-electron chi connectivity index (χ3n) is 2.39. The summed E-state index contributed by atoms with van der Waals surface area (Å²) in [6.45, 7) is 4.35. The number of nitrogens with one attached hydrogen (secondary N) is 1. The molecule has 0 fully saturated rings. The predicted octanol–water partition coefficient (Wildman–Crippen LogP) is 1.77. The maximum atomic E-state index is 11.3. The van der Waals surface area contributed by atoms with Crippen LogP contribution in [0.1, 0.15) is 39.5 Å². The van der Waals surface area contributed by atoms with Gasteiger partial charge < -0.3 is 15.0 Å². The van der Waals surface area contributed by atoms with Gasteiger partial charge >= 0.3 is 6.09 Å². The summed E-state index contributed by atoms with van der Waals surface area (Å²) in [5.41, 5.74) is 0. The van der Waals surface area contributed by atoms with Crippen LogP contribution < -0.4 is 5.32 Å². The molecule has 0 aliphatic heterocycles. The summed E-state index contributed by atoms with van der Waals surface area (Å²) in [5, 5.41) is 2.70. The fourth-order valence-electron chi connectivity index (χ4n) is 1.19. The molecule has 1 atom stereocenters. The van der Waals surface area contributed by atoms with Crippen molar-refractivity contribution < 1.29 is 14.3 Å². The summed E-state index contributed by atoms with van der Waals surface area (Å²) < 4.78 is 4.96. The van der Waals surface area contributed by atoms with Gasteiger partial charge in [-0.25, -0.2) is 4.79 Å². The monoisotopic (exact) mass is 244 g/mol. The van der Waals surface area contributed by atoms with E-state index in [4.69, 9.17) is 4.74 Å². The van der Waals surface area contributed by atoms with Crippen LogP contribution in [0.15, 0.2) is 0 Å². The molecule has 17 heavy (non-hydrogen) atoms. The van der Waals surface area contributed by atoms with Gasteiger partial charge in [-0.1, -0.05) is 13.3 Å². The third-order valence-corrected chi connectivity index (χ3v) is 2.39. The Balaban J connectivity index is 3.67. The smallest absolute Gasteiger partial charge is 0.407 e. The lowest BCUT2D eigenvalue weighted by Gasteiger charge is -2.15. The molecule has 2 amide bonds. The van der Waals surface area contributed by atoms with Crippen molar-refractivity contribution in [3.05, 3.63) is 0 Å². The molecular weight excluding hydrogens is 220 g/mol. The summed E-state index contributed by atoms with van der Waals surface area (Å²) in [4.78, 5) is 24.2. The lowest BCUT2D eigenvalue weighted by molar-refractivity contribution is -0.128. The Morgan fingerprint density at radius 1 is 1.35 bits per heavy atom. The molecule has 5 heteroatoms. The zero-order chi connectivity index (χ0) is 13.3. The minimum atomic E-state index is -0.400. The maximum absolute atomic E-state index is 11.3. The van der Waals surface area contributed by atoms with Crippen molar-refractivity contribution in [3.63, 3.8) is 0 Å². The van der Waals surface area contributed by atoms with Gasteiger partial charge in [-0.05, 0) is 19.8 Å². The fraction of sp³-hybridized carbons (Fsp3) is 0.833. The number of hydrogen-bond donors (Lipinski definition) is 1. The summed E-state index contributed by atoms with van der Waals surface area (Å²) in [7, 11) is 3.44. The molecule has 0 radical (unpaired) electrons. The lowest BCUT2D eigenvalue weighted by atomic mass is 10.2. The average molecular weight is 244 g/mol. The molecule has 0 aromatic carbocycles. The van der Waals surface area contributed by atoms with Crippen LogP contribution in [0.3, 0.4) is 0 Å². The molecule has 0 spiro atoms. The Morgan fingerprint density at radius 2 is 2.00 bits per heavy atom. The van der Waals surface area contributed by atoms with Gasteiger partial charge in [-0.3, -0.25) is 4.79 Å². The molecule has 0 saturated heterocycles. The first-order chi connectivity index (χ1) is 7.97. The van der Waals surface area contributed by atoms with E-state index in [2.05, 4.69) is 5.32 Å². The standard InChI is InChI=1S/C12H24N2O3/c1-5-6-9-17-12(16)13-10(2)7-8-11(15)14(3)4/h10H,5-9H2,1-4H3,(H,13,16). The van der Waals surface area contributed by atoms with E-state index in [1.165, 1.54) is 0 Å². The molecule has 0 saturated carbocycles. The number of amides is 2. The second-order valence-corrected chi connectivity index (χ2v) is 4.36. The van der Waals surface area contributed by atoms with Gasteiger partial charge in [0.2, 0.25) is 5.91 Å². The highest BCUT2D eigenvalue weighted by Gasteiger charge is 2.11. The van der Waals surface area contributed by atoms with Gasteiger partial charge in [-0.15, -0.1) is 0 Å². The van der Waals surface area contributed by atoms with E-state index in [0.29, 0.717) is 19.4 Å². The van der Waals surface area contributed by atoms with Gasteiger partial charge in [0.25, 0.3) is 0 Å². The summed E-state index contributed by atoms with van der Waals surface area (Å²) in [6.07, 6.45) is 2.54. The topological polar surface area (TPSA) is 58.6 Å². The van der Waals surface area contributed by atoms with Crippen LogP contribution in [0.4, 0.5) is 4.79 Å². The SMILES string of the molecule is CCCCOC(=O)NC(C)CCC(=O)N(C)C. The van der Waals surface area contributed by atoms with Gasteiger partial charge in [-0.2, -0.15) is 0 Å². The Hall–Kier alpha value is -1.26. The number of nitrogens with zero attached hydrogens (tertiary/aromatic N) is 1.